The topological polar surface area (TPSA) is 44.5 Å². The highest BCUT2D eigenvalue weighted by Crippen LogP contribution is 2.41. The SMILES string of the molecule is CC1SCC(C(N)c2ccc3c(c2)OCCCO3)SC1C. The van der Waals surface area contributed by atoms with Gasteiger partial charge in [0.05, 0.1) is 13.2 Å². The average molecular weight is 325 g/mol. The first-order chi connectivity index (χ1) is 10.1. The van der Waals surface area contributed by atoms with E-state index < -0.39 is 0 Å². The molecule has 4 atom stereocenters. The summed E-state index contributed by atoms with van der Waals surface area (Å²) in [6, 6.07) is 6.21. The lowest BCUT2D eigenvalue weighted by molar-refractivity contribution is 0.297. The van der Waals surface area contributed by atoms with Crippen LogP contribution in [-0.4, -0.2) is 34.7 Å². The zero-order valence-electron chi connectivity index (χ0n) is 12.6. The minimum absolute atomic E-state index is 0.0506. The number of thioether (sulfide) groups is 2. The van der Waals surface area contributed by atoms with E-state index in [1.807, 2.05) is 29.6 Å². The minimum atomic E-state index is 0.0506. The Labute approximate surface area is 135 Å². The van der Waals surface area contributed by atoms with Gasteiger partial charge in [-0.1, -0.05) is 19.9 Å². The molecule has 1 saturated heterocycles. The summed E-state index contributed by atoms with van der Waals surface area (Å²) in [6.45, 7) is 6.05. The van der Waals surface area contributed by atoms with E-state index in [9.17, 15) is 0 Å². The van der Waals surface area contributed by atoms with Gasteiger partial charge >= 0.3 is 0 Å². The van der Waals surface area contributed by atoms with Crippen LogP contribution in [0.1, 0.15) is 31.9 Å². The van der Waals surface area contributed by atoms with E-state index in [4.69, 9.17) is 15.2 Å². The van der Waals surface area contributed by atoms with Gasteiger partial charge < -0.3 is 15.2 Å². The number of ether oxygens (including phenoxy) is 2. The van der Waals surface area contributed by atoms with Crippen LogP contribution in [0.2, 0.25) is 0 Å². The molecule has 0 aliphatic carbocycles. The lowest BCUT2D eigenvalue weighted by Crippen LogP contribution is -2.34. The van der Waals surface area contributed by atoms with Gasteiger partial charge in [0, 0.05) is 34.0 Å². The molecule has 116 valence electrons. The Morgan fingerprint density at radius 2 is 1.90 bits per heavy atom. The highest BCUT2D eigenvalue weighted by atomic mass is 32.2. The summed E-state index contributed by atoms with van der Waals surface area (Å²) < 4.78 is 11.5. The monoisotopic (exact) mass is 325 g/mol. The molecule has 0 bridgehead atoms. The molecule has 3 nitrogen and oxygen atoms in total. The van der Waals surface area contributed by atoms with E-state index in [-0.39, 0.29) is 6.04 Å². The number of rotatable bonds is 2. The fourth-order valence-corrected chi connectivity index (χ4v) is 5.65. The van der Waals surface area contributed by atoms with Gasteiger partial charge in [0.15, 0.2) is 11.5 Å². The molecule has 0 saturated carbocycles. The Hall–Kier alpha value is -0.520. The van der Waals surface area contributed by atoms with Gasteiger partial charge in [0.1, 0.15) is 0 Å². The first kappa shape index (κ1) is 15.4. The second kappa shape index (κ2) is 6.71. The van der Waals surface area contributed by atoms with E-state index in [2.05, 4.69) is 26.0 Å². The number of nitrogens with two attached hydrogens (primary N) is 1. The average Bonchev–Trinajstić information content (AvgIpc) is 2.73. The predicted octanol–water partition coefficient (Wildman–Crippen LogP) is 3.47. The molecular weight excluding hydrogens is 302 g/mol. The van der Waals surface area contributed by atoms with Crippen LogP contribution in [0.3, 0.4) is 0 Å². The molecule has 0 spiro atoms. The quantitative estimate of drug-likeness (QED) is 0.902. The highest BCUT2D eigenvalue weighted by Gasteiger charge is 2.30. The van der Waals surface area contributed by atoms with Gasteiger partial charge in [-0.05, 0) is 17.7 Å². The number of hydrogen-bond donors (Lipinski definition) is 1. The van der Waals surface area contributed by atoms with Crippen molar-refractivity contribution in [1.29, 1.82) is 0 Å². The van der Waals surface area contributed by atoms with Crippen LogP contribution in [0, 0.1) is 0 Å². The van der Waals surface area contributed by atoms with Gasteiger partial charge in [-0.15, -0.1) is 0 Å². The standard InChI is InChI=1S/C16H23NO2S2/c1-10-11(2)21-15(9-20-10)16(17)12-4-5-13-14(8-12)19-7-3-6-18-13/h4-5,8,10-11,15-16H,3,6-7,9,17H2,1-2H3. The first-order valence-corrected chi connectivity index (χ1v) is 9.56. The van der Waals surface area contributed by atoms with Crippen molar-refractivity contribution in [2.24, 2.45) is 5.73 Å². The molecule has 21 heavy (non-hydrogen) atoms. The maximum atomic E-state index is 6.52. The minimum Gasteiger partial charge on any atom is -0.490 e. The van der Waals surface area contributed by atoms with Gasteiger partial charge in [0.2, 0.25) is 0 Å². The Morgan fingerprint density at radius 3 is 2.67 bits per heavy atom. The van der Waals surface area contributed by atoms with E-state index in [1.54, 1.807) is 0 Å². The molecule has 3 rings (SSSR count). The second-order valence-electron chi connectivity index (χ2n) is 5.70. The maximum absolute atomic E-state index is 6.52. The molecule has 2 aliphatic rings. The zero-order chi connectivity index (χ0) is 14.8. The van der Waals surface area contributed by atoms with Crippen molar-refractivity contribution < 1.29 is 9.47 Å². The summed E-state index contributed by atoms with van der Waals surface area (Å²) in [4.78, 5) is 0. The Balaban J connectivity index is 1.75. The van der Waals surface area contributed by atoms with Crippen LogP contribution < -0.4 is 15.2 Å². The number of fused-ring (bicyclic) bond motifs is 1. The van der Waals surface area contributed by atoms with Crippen molar-refractivity contribution in [2.45, 2.75) is 42.1 Å². The van der Waals surface area contributed by atoms with E-state index in [1.165, 1.54) is 0 Å². The molecule has 5 heteroatoms. The largest absolute Gasteiger partial charge is 0.490 e. The van der Waals surface area contributed by atoms with E-state index in [0.29, 0.717) is 22.4 Å². The smallest absolute Gasteiger partial charge is 0.161 e. The normalized spacial score (nSPS) is 30.5. The third-order valence-electron chi connectivity index (χ3n) is 4.13. The lowest BCUT2D eigenvalue weighted by atomic mass is 10.0. The van der Waals surface area contributed by atoms with Crippen LogP contribution in [0.15, 0.2) is 18.2 Å². The molecule has 1 aromatic rings. The van der Waals surface area contributed by atoms with Crippen molar-refractivity contribution in [3.63, 3.8) is 0 Å². The summed E-state index contributed by atoms with van der Waals surface area (Å²) in [5, 5.41) is 1.83. The summed E-state index contributed by atoms with van der Waals surface area (Å²) >= 11 is 4.05. The lowest BCUT2D eigenvalue weighted by Gasteiger charge is -2.34. The molecular formula is C16H23NO2S2. The molecule has 0 radical (unpaired) electrons. The van der Waals surface area contributed by atoms with Crippen molar-refractivity contribution in [1.82, 2.24) is 0 Å². The highest BCUT2D eigenvalue weighted by molar-refractivity contribution is 8.07. The van der Waals surface area contributed by atoms with Gasteiger partial charge in [-0.3, -0.25) is 0 Å². The molecule has 1 aromatic carbocycles. The summed E-state index contributed by atoms with van der Waals surface area (Å²) in [6.07, 6.45) is 0.931. The fraction of sp³-hybridized carbons (Fsp3) is 0.625. The second-order valence-corrected chi connectivity index (χ2v) is 8.73. The summed E-state index contributed by atoms with van der Waals surface area (Å²) in [5.74, 6) is 2.80. The summed E-state index contributed by atoms with van der Waals surface area (Å²) in [7, 11) is 0. The van der Waals surface area contributed by atoms with Crippen molar-refractivity contribution in [2.75, 3.05) is 19.0 Å². The molecule has 2 aliphatic heterocycles. The first-order valence-electron chi connectivity index (χ1n) is 7.57. The summed E-state index contributed by atoms with van der Waals surface area (Å²) in [5.41, 5.74) is 7.67. The Kier molecular flexibility index (Phi) is 4.92. The van der Waals surface area contributed by atoms with Crippen molar-refractivity contribution in [3.05, 3.63) is 23.8 Å². The number of benzene rings is 1. The Morgan fingerprint density at radius 1 is 1.14 bits per heavy atom. The van der Waals surface area contributed by atoms with Crippen LogP contribution >= 0.6 is 23.5 Å². The van der Waals surface area contributed by atoms with Crippen molar-refractivity contribution >= 4 is 23.5 Å². The van der Waals surface area contributed by atoms with Gasteiger partial charge in [-0.2, -0.15) is 23.5 Å². The van der Waals surface area contributed by atoms with E-state index in [0.717, 1.165) is 35.8 Å². The van der Waals surface area contributed by atoms with Gasteiger partial charge in [-0.25, -0.2) is 0 Å². The molecule has 2 heterocycles. The predicted molar refractivity (Wildman–Crippen MR) is 91.7 cm³/mol. The Bertz CT molecular complexity index is 497. The van der Waals surface area contributed by atoms with Crippen LogP contribution in [0.5, 0.6) is 11.5 Å². The molecule has 4 unspecified atom stereocenters. The van der Waals surface area contributed by atoms with E-state index >= 15 is 0 Å². The van der Waals surface area contributed by atoms with Crippen LogP contribution in [0.25, 0.3) is 0 Å². The zero-order valence-corrected chi connectivity index (χ0v) is 14.2. The van der Waals surface area contributed by atoms with Crippen LogP contribution in [-0.2, 0) is 0 Å². The van der Waals surface area contributed by atoms with Gasteiger partial charge in [0.25, 0.3) is 0 Å². The molecule has 1 fully saturated rings. The number of hydrogen-bond acceptors (Lipinski definition) is 5. The molecule has 2 N–H and O–H groups in total. The van der Waals surface area contributed by atoms with Crippen molar-refractivity contribution in [3.8, 4) is 11.5 Å². The molecule has 0 aromatic heterocycles. The third-order valence-corrected chi connectivity index (χ3v) is 7.65. The third kappa shape index (κ3) is 3.46. The molecule has 0 amide bonds. The fourth-order valence-electron chi connectivity index (χ4n) is 2.60. The van der Waals surface area contributed by atoms with Crippen LogP contribution in [0.4, 0.5) is 0 Å². The maximum Gasteiger partial charge on any atom is 0.161 e.